The number of anilines is 1. The maximum Gasteiger partial charge on any atom is 0.297 e. The minimum Gasteiger partial charge on any atom is -0.379 e. The number of aromatic nitrogens is 2. The predicted molar refractivity (Wildman–Crippen MR) is 140 cm³/mol. The van der Waals surface area contributed by atoms with Crippen molar-refractivity contribution >= 4 is 11.7 Å². The van der Waals surface area contributed by atoms with E-state index in [0.29, 0.717) is 17.1 Å². The number of carbonyl (C=O) groups is 1. The smallest absolute Gasteiger partial charge is 0.297 e. The summed E-state index contributed by atoms with van der Waals surface area (Å²) in [7, 11) is 0. The summed E-state index contributed by atoms with van der Waals surface area (Å²) in [5, 5.41) is 6.44. The summed E-state index contributed by atoms with van der Waals surface area (Å²) in [6.45, 7) is 6.18. The number of benzene rings is 2. The van der Waals surface area contributed by atoms with Gasteiger partial charge in [-0.25, -0.2) is 4.98 Å². The van der Waals surface area contributed by atoms with Crippen LogP contribution in [-0.4, -0.2) is 59.2 Å². The van der Waals surface area contributed by atoms with Crippen molar-refractivity contribution in [2.24, 2.45) is 0 Å². The summed E-state index contributed by atoms with van der Waals surface area (Å²) in [4.78, 5) is 33.0. The van der Waals surface area contributed by atoms with E-state index in [1.54, 1.807) is 29.1 Å². The molecule has 1 amide bonds. The summed E-state index contributed by atoms with van der Waals surface area (Å²) in [5.41, 5.74) is 3.00. The summed E-state index contributed by atoms with van der Waals surface area (Å²) >= 11 is 0. The second-order valence-corrected chi connectivity index (χ2v) is 9.55. The van der Waals surface area contributed by atoms with Gasteiger partial charge in [-0.15, -0.1) is 0 Å². The Labute approximate surface area is 211 Å². The molecule has 2 aliphatic rings. The molecule has 188 valence electrons. The first-order chi connectivity index (χ1) is 17.6. The number of amides is 1. The molecule has 1 saturated heterocycles. The summed E-state index contributed by atoms with van der Waals surface area (Å²) in [5.74, 6) is 0.187. The maximum absolute atomic E-state index is 13.6. The van der Waals surface area contributed by atoms with Crippen molar-refractivity contribution in [2.45, 2.75) is 38.3 Å². The summed E-state index contributed by atoms with van der Waals surface area (Å²) in [6, 6.07) is 15.8. The molecule has 8 heteroatoms. The zero-order valence-electron chi connectivity index (χ0n) is 20.7. The zero-order chi connectivity index (χ0) is 24.9. The minimum absolute atomic E-state index is 0.0677. The molecular formula is C28H33N5O3. The maximum atomic E-state index is 13.6. The van der Waals surface area contributed by atoms with Gasteiger partial charge in [-0.3, -0.25) is 19.1 Å². The SMILES string of the molecule is Cc1ccc(C(=O)NC2CC2)cc1-n1ccnc(NC(CCN2CCOCC2)c2ccccc2)c1=O. The number of rotatable bonds is 9. The summed E-state index contributed by atoms with van der Waals surface area (Å²) in [6.07, 6.45) is 6.17. The lowest BCUT2D eigenvalue weighted by atomic mass is 10.0. The van der Waals surface area contributed by atoms with Gasteiger partial charge in [0.15, 0.2) is 5.82 Å². The lowest BCUT2D eigenvalue weighted by molar-refractivity contribution is 0.0368. The largest absolute Gasteiger partial charge is 0.379 e. The van der Waals surface area contributed by atoms with Crippen molar-refractivity contribution in [2.75, 3.05) is 38.2 Å². The number of nitrogens with one attached hydrogen (secondary N) is 2. The molecule has 36 heavy (non-hydrogen) atoms. The molecule has 1 aromatic heterocycles. The number of morpholine rings is 1. The lowest BCUT2D eigenvalue weighted by Crippen LogP contribution is -2.38. The van der Waals surface area contributed by atoms with Crippen LogP contribution in [-0.2, 0) is 4.74 Å². The third-order valence-electron chi connectivity index (χ3n) is 6.83. The topological polar surface area (TPSA) is 88.5 Å². The number of carbonyl (C=O) groups excluding carboxylic acids is 1. The van der Waals surface area contributed by atoms with Crippen molar-refractivity contribution in [1.29, 1.82) is 0 Å². The normalized spacial score (nSPS) is 16.9. The van der Waals surface area contributed by atoms with Gasteiger partial charge in [-0.05, 0) is 49.4 Å². The fourth-order valence-corrected chi connectivity index (χ4v) is 4.52. The first kappa shape index (κ1) is 24.2. The monoisotopic (exact) mass is 487 g/mol. The molecule has 2 fully saturated rings. The van der Waals surface area contributed by atoms with Crippen molar-refractivity contribution in [1.82, 2.24) is 19.8 Å². The van der Waals surface area contributed by atoms with E-state index in [9.17, 15) is 9.59 Å². The van der Waals surface area contributed by atoms with Gasteiger partial charge in [-0.1, -0.05) is 36.4 Å². The van der Waals surface area contributed by atoms with Crippen LogP contribution < -0.4 is 16.2 Å². The first-order valence-electron chi connectivity index (χ1n) is 12.7. The molecule has 1 atom stereocenters. The second-order valence-electron chi connectivity index (χ2n) is 9.55. The van der Waals surface area contributed by atoms with Crippen LogP contribution in [0.3, 0.4) is 0 Å². The fourth-order valence-electron chi connectivity index (χ4n) is 4.52. The van der Waals surface area contributed by atoms with E-state index in [-0.39, 0.29) is 23.6 Å². The molecule has 2 heterocycles. The van der Waals surface area contributed by atoms with Crippen LogP contribution in [0.4, 0.5) is 5.82 Å². The van der Waals surface area contributed by atoms with E-state index < -0.39 is 0 Å². The molecule has 1 aliphatic carbocycles. The molecule has 8 nitrogen and oxygen atoms in total. The molecule has 2 aromatic carbocycles. The van der Waals surface area contributed by atoms with Crippen molar-refractivity contribution in [3.63, 3.8) is 0 Å². The van der Waals surface area contributed by atoms with Gasteiger partial charge < -0.3 is 15.4 Å². The van der Waals surface area contributed by atoms with Crippen molar-refractivity contribution in [3.8, 4) is 5.69 Å². The Kier molecular flexibility index (Phi) is 7.44. The van der Waals surface area contributed by atoms with E-state index in [4.69, 9.17) is 4.74 Å². The molecule has 0 radical (unpaired) electrons. The average Bonchev–Trinajstić information content (AvgIpc) is 3.73. The van der Waals surface area contributed by atoms with Gasteiger partial charge in [-0.2, -0.15) is 0 Å². The van der Waals surface area contributed by atoms with Gasteiger partial charge in [0.05, 0.1) is 24.9 Å². The van der Waals surface area contributed by atoms with E-state index >= 15 is 0 Å². The van der Waals surface area contributed by atoms with Crippen LogP contribution in [0, 0.1) is 6.92 Å². The van der Waals surface area contributed by atoms with Crippen LogP contribution in [0.2, 0.25) is 0 Å². The standard InChI is InChI=1S/C28H33N5O3/c1-20-7-8-22(27(34)30-23-9-10-23)19-25(20)33-14-12-29-26(28(33)35)31-24(21-5-3-2-4-6-21)11-13-32-15-17-36-18-16-32/h2-8,12,14,19,23-24H,9-11,13,15-18H2,1H3,(H,29,31)(H,30,34). The van der Waals surface area contributed by atoms with Crippen LogP contribution >= 0.6 is 0 Å². The fraction of sp³-hybridized carbons (Fsp3) is 0.393. The molecule has 5 rings (SSSR count). The molecule has 0 spiro atoms. The molecule has 2 N–H and O–H groups in total. The summed E-state index contributed by atoms with van der Waals surface area (Å²) < 4.78 is 7.05. The third kappa shape index (κ3) is 5.83. The van der Waals surface area contributed by atoms with Gasteiger partial charge >= 0.3 is 0 Å². The van der Waals surface area contributed by atoms with Crippen LogP contribution in [0.25, 0.3) is 5.69 Å². The Hall–Kier alpha value is -3.49. The number of aryl methyl sites for hydroxylation is 1. The van der Waals surface area contributed by atoms with E-state index in [0.717, 1.165) is 63.2 Å². The second kappa shape index (κ2) is 11.1. The number of ether oxygens (including phenoxy) is 1. The molecular weight excluding hydrogens is 454 g/mol. The third-order valence-corrected chi connectivity index (χ3v) is 6.83. The molecule has 0 bridgehead atoms. The quantitative estimate of drug-likeness (QED) is 0.482. The average molecular weight is 488 g/mol. The van der Waals surface area contributed by atoms with Crippen LogP contribution in [0.1, 0.15) is 46.8 Å². The first-order valence-corrected chi connectivity index (χ1v) is 12.7. The van der Waals surface area contributed by atoms with Gasteiger partial charge in [0, 0.05) is 43.6 Å². The Bertz CT molecular complexity index is 1250. The van der Waals surface area contributed by atoms with Gasteiger partial charge in [0.2, 0.25) is 0 Å². The molecule has 3 aromatic rings. The molecule has 1 saturated carbocycles. The highest BCUT2D eigenvalue weighted by Gasteiger charge is 2.24. The Balaban J connectivity index is 1.40. The highest BCUT2D eigenvalue weighted by Crippen LogP contribution is 2.23. The van der Waals surface area contributed by atoms with Crippen LogP contribution in [0.15, 0.2) is 65.7 Å². The Morgan fingerprint density at radius 1 is 1.14 bits per heavy atom. The number of hydrogen-bond donors (Lipinski definition) is 2. The van der Waals surface area contributed by atoms with Gasteiger partial charge in [0.1, 0.15) is 0 Å². The Morgan fingerprint density at radius 2 is 1.92 bits per heavy atom. The lowest BCUT2D eigenvalue weighted by Gasteiger charge is -2.29. The predicted octanol–water partition coefficient (Wildman–Crippen LogP) is 3.31. The molecule has 1 unspecified atom stereocenters. The highest BCUT2D eigenvalue weighted by molar-refractivity contribution is 5.95. The zero-order valence-corrected chi connectivity index (χ0v) is 20.7. The Morgan fingerprint density at radius 3 is 2.67 bits per heavy atom. The van der Waals surface area contributed by atoms with E-state index in [1.807, 2.05) is 31.2 Å². The minimum atomic E-state index is -0.243. The van der Waals surface area contributed by atoms with E-state index in [2.05, 4.69) is 32.7 Å². The number of nitrogens with zero attached hydrogens (tertiary/aromatic N) is 3. The highest BCUT2D eigenvalue weighted by atomic mass is 16.5. The molecule has 1 aliphatic heterocycles. The van der Waals surface area contributed by atoms with Crippen molar-refractivity contribution in [3.05, 3.63) is 88.0 Å². The van der Waals surface area contributed by atoms with Crippen molar-refractivity contribution < 1.29 is 9.53 Å². The van der Waals surface area contributed by atoms with Crippen LogP contribution in [0.5, 0.6) is 0 Å². The van der Waals surface area contributed by atoms with Gasteiger partial charge in [0.25, 0.3) is 11.5 Å². The number of hydrogen-bond acceptors (Lipinski definition) is 6. The van der Waals surface area contributed by atoms with E-state index in [1.165, 1.54) is 0 Å².